The Morgan fingerprint density at radius 2 is 2.00 bits per heavy atom. The molecule has 0 spiro atoms. The Balaban J connectivity index is 2.16. The number of hydrogen-bond donors (Lipinski definition) is 1. The molecule has 0 unspecified atom stereocenters. The molecule has 5 heteroatoms. The third-order valence-corrected chi connectivity index (χ3v) is 3.89. The second kappa shape index (κ2) is 7.92. The standard InChI is InChI=1S/C16H18Br2N2O/c1-11(2)8-19-9-12-7-13(17)10-20-16(12)21-15-6-4-3-5-14(15)18/h3-7,10-11,19H,8-9H2,1-2H3. The molecule has 1 aromatic carbocycles. The lowest BCUT2D eigenvalue weighted by Gasteiger charge is -2.13. The molecule has 2 rings (SSSR count). The molecule has 0 bridgehead atoms. The van der Waals surface area contributed by atoms with Crippen LogP contribution in [-0.4, -0.2) is 11.5 Å². The van der Waals surface area contributed by atoms with E-state index in [2.05, 4.69) is 56.0 Å². The van der Waals surface area contributed by atoms with Gasteiger partial charge in [-0.05, 0) is 62.5 Å². The summed E-state index contributed by atoms with van der Waals surface area (Å²) in [5.41, 5.74) is 1.03. The lowest BCUT2D eigenvalue weighted by Crippen LogP contribution is -2.19. The molecule has 2 aromatic rings. The number of pyridine rings is 1. The second-order valence-corrected chi connectivity index (χ2v) is 6.95. The molecule has 3 nitrogen and oxygen atoms in total. The lowest BCUT2D eigenvalue weighted by molar-refractivity contribution is 0.447. The fourth-order valence-corrected chi connectivity index (χ4v) is 2.56. The Kier molecular flexibility index (Phi) is 6.21. The molecule has 1 N–H and O–H groups in total. The van der Waals surface area contributed by atoms with Gasteiger partial charge in [-0.15, -0.1) is 0 Å². The van der Waals surface area contributed by atoms with E-state index in [4.69, 9.17) is 4.74 Å². The summed E-state index contributed by atoms with van der Waals surface area (Å²) in [5.74, 6) is 2.00. The van der Waals surface area contributed by atoms with E-state index in [-0.39, 0.29) is 0 Å². The van der Waals surface area contributed by atoms with Crippen LogP contribution < -0.4 is 10.1 Å². The predicted octanol–water partition coefficient (Wildman–Crippen LogP) is 5.14. The van der Waals surface area contributed by atoms with Gasteiger partial charge in [-0.1, -0.05) is 26.0 Å². The van der Waals surface area contributed by atoms with E-state index in [1.807, 2.05) is 30.3 Å². The highest BCUT2D eigenvalue weighted by Gasteiger charge is 2.09. The zero-order chi connectivity index (χ0) is 15.2. The van der Waals surface area contributed by atoms with Gasteiger partial charge in [-0.3, -0.25) is 0 Å². The van der Waals surface area contributed by atoms with Gasteiger partial charge in [0, 0.05) is 22.8 Å². The molecule has 0 radical (unpaired) electrons. The zero-order valence-corrected chi connectivity index (χ0v) is 15.2. The third-order valence-electron chi connectivity index (χ3n) is 2.80. The molecular formula is C16H18Br2N2O. The van der Waals surface area contributed by atoms with Crippen molar-refractivity contribution in [3.63, 3.8) is 0 Å². The summed E-state index contributed by atoms with van der Waals surface area (Å²) in [6.45, 7) is 6.06. The van der Waals surface area contributed by atoms with Crippen LogP contribution in [0.4, 0.5) is 0 Å². The van der Waals surface area contributed by atoms with Gasteiger partial charge < -0.3 is 10.1 Å². The third kappa shape index (κ3) is 5.09. The van der Waals surface area contributed by atoms with Crippen LogP contribution in [0.25, 0.3) is 0 Å². The van der Waals surface area contributed by atoms with Gasteiger partial charge in [0.1, 0.15) is 5.75 Å². The maximum atomic E-state index is 5.93. The highest BCUT2D eigenvalue weighted by molar-refractivity contribution is 9.10. The molecule has 0 saturated carbocycles. The maximum Gasteiger partial charge on any atom is 0.223 e. The quantitative estimate of drug-likeness (QED) is 0.711. The topological polar surface area (TPSA) is 34.2 Å². The minimum absolute atomic E-state index is 0.609. The number of hydrogen-bond acceptors (Lipinski definition) is 3. The monoisotopic (exact) mass is 412 g/mol. The van der Waals surface area contributed by atoms with Crippen LogP contribution in [0.1, 0.15) is 19.4 Å². The lowest BCUT2D eigenvalue weighted by atomic mass is 10.2. The molecule has 1 heterocycles. The number of ether oxygens (including phenoxy) is 1. The Morgan fingerprint density at radius 1 is 1.24 bits per heavy atom. The van der Waals surface area contributed by atoms with E-state index in [1.165, 1.54) is 0 Å². The van der Waals surface area contributed by atoms with E-state index >= 15 is 0 Å². The van der Waals surface area contributed by atoms with Crippen molar-refractivity contribution in [2.24, 2.45) is 5.92 Å². The molecule has 21 heavy (non-hydrogen) atoms. The Morgan fingerprint density at radius 3 is 2.71 bits per heavy atom. The van der Waals surface area contributed by atoms with E-state index in [0.717, 1.165) is 33.3 Å². The van der Waals surface area contributed by atoms with Crippen LogP contribution in [0, 0.1) is 5.92 Å². The van der Waals surface area contributed by atoms with Gasteiger partial charge in [0.25, 0.3) is 0 Å². The molecule has 0 aliphatic rings. The number of para-hydroxylation sites is 1. The van der Waals surface area contributed by atoms with Gasteiger partial charge in [0.05, 0.1) is 4.47 Å². The Bertz CT molecular complexity index is 603. The summed E-state index contributed by atoms with van der Waals surface area (Å²) in [7, 11) is 0. The molecule has 0 fully saturated rings. The largest absolute Gasteiger partial charge is 0.438 e. The molecule has 0 saturated heterocycles. The average molecular weight is 414 g/mol. The normalized spacial score (nSPS) is 10.9. The molecule has 1 aromatic heterocycles. The van der Waals surface area contributed by atoms with Gasteiger partial charge >= 0.3 is 0 Å². The predicted molar refractivity (Wildman–Crippen MR) is 92.7 cm³/mol. The van der Waals surface area contributed by atoms with Crippen molar-refractivity contribution < 1.29 is 4.74 Å². The minimum Gasteiger partial charge on any atom is -0.438 e. The molecule has 0 aliphatic carbocycles. The average Bonchev–Trinajstić information content (AvgIpc) is 2.43. The van der Waals surface area contributed by atoms with Crippen LogP contribution >= 0.6 is 31.9 Å². The Labute approximate surface area is 142 Å². The minimum atomic E-state index is 0.609. The number of halogens is 2. The van der Waals surface area contributed by atoms with E-state index in [0.29, 0.717) is 11.8 Å². The highest BCUT2D eigenvalue weighted by Crippen LogP contribution is 2.30. The highest BCUT2D eigenvalue weighted by atomic mass is 79.9. The molecule has 0 amide bonds. The second-order valence-electron chi connectivity index (χ2n) is 5.18. The van der Waals surface area contributed by atoms with Crippen molar-refractivity contribution in [1.82, 2.24) is 10.3 Å². The van der Waals surface area contributed by atoms with Gasteiger partial charge in [-0.2, -0.15) is 0 Å². The SMILES string of the molecule is CC(C)CNCc1cc(Br)cnc1Oc1ccccc1Br. The van der Waals surface area contributed by atoms with Crippen LogP contribution in [0.2, 0.25) is 0 Å². The molecule has 0 aliphatic heterocycles. The fourth-order valence-electron chi connectivity index (χ4n) is 1.81. The molecular weight excluding hydrogens is 396 g/mol. The van der Waals surface area contributed by atoms with Crippen LogP contribution in [0.3, 0.4) is 0 Å². The van der Waals surface area contributed by atoms with Gasteiger partial charge in [0.2, 0.25) is 5.88 Å². The number of aromatic nitrogens is 1. The first-order valence-corrected chi connectivity index (χ1v) is 8.42. The van der Waals surface area contributed by atoms with E-state index in [9.17, 15) is 0 Å². The first-order chi connectivity index (χ1) is 10.1. The summed E-state index contributed by atoms with van der Waals surface area (Å²) < 4.78 is 7.79. The summed E-state index contributed by atoms with van der Waals surface area (Å²) in [5, 5.41) is 3.42. The van der Waals surface area contributed by atoms with Crippen molar-refractivity contribution in [2.45, 2.75) is 20.4 Å². The van der Waals surface area contributed by atoms with Crippen LogP contribution in [0.5, 0.6) is 11.6 Å². The van der Waals surface area contributed by atoms with Gasteiger partial charge in [-0.25, -0.2) is 4.98 Å². The fraction of sp³-hybridized carbons (Fsp3) is 0.312. The summed E-state index contributed by atoms with van der Waals surface area (Å²) >= 11 is 6.95. The van der Waals surface area contributed by atoms with Crippen molar-refractivity contribution >= 4 is 31.9 Å². The number of benzene rings is 1. The van der Waals surface area contributed by atoms with Crippen molar-refractivity contribution in [2.75, 3.05) is 6.54 Å². The maximum absolute atomic E-state index is 5.93. The van der Waals surface area contributed by atoms with Crippen molar-refractivity contribution in [3.8, 4) is 11.6 Å². The van der Waals surface area contributed by atoms with Gasteiger partial charge in [0.15, 0.2) is 0 Å². The summed E-state index contributed by atoms with van der Waals surface area (Å²) in [6.07, 6.45) is 1.75. The molecule has 0 atom stereocenters. The first kappa shape index (κ1) is 16.5. The Hall–Kier alpha value is -0.910. The number of rotatable bonds is 6. The molecule has 112 valence electrons. The van der Waals surface area contributed by atoms with Crippen molar-refractivity contribution in [3.05, 3.63) is 51.0 Å². The number of nitrogens with zero attached hydrogens (tertiary/aromatic N) is 1. The smallest absolute Gasteiger partial charge is 0.223 e. The summed E-state index contributed by atoms with van der Waals surface area (Å²) in [4.78, 5) is 4.38. The van der Waals surface area contributed by atoms with Crippen LogP contribution in [-0.2, 0) is 6.54 Å². The van der Waals surface area contributed by atoms with Crippen LogP contribution in [0.15, 0.2) is 45.5 Å². The summed E-state index contributed by atoms with van der Waals surface area (Å²) in [6, 6.07) is 9.79. The number of nitrogens with one attached hydrogen (secondary N) is 1. The zero-order valence-electron chi connectivity index (χ0n) is 12.1. The van der Waals surface area contributed by atoms with E-state index in [1.54, 1.807) is 6.20 Å². The van der Waals surface area contributed by atoms with Crippen molar-refractivity contribution in [1.29, 1.82) is 0 Å². The first-order valence-electron chi connectivity index (χ1n) is 6.84. The van der Waals surface area contributed by atoms with E-state index < -0.39 is 0 Å².